The molecule has 0 aromatic heterocycles. The molecule has 0 heterocycles. The number of amides is 1. The van der Waals surface area contributed by atoms with E-state index in [1.54, 1.807) is 33.2 Å². The van der Waals surface area contributed by atoms with Crippen molar-refractivity contribution in [2.75, 3.05) is 41.4 Å². The van der Waals surface area contributed by atoms with Gasteiger partial charge < -0.3 is 14.4 Å². The third-order valence-corrected chi connectivity index (χ3v) is 3.16. The zero-order valence-electron chi connectivity index (χ0n) is 13.0. The zero-order valence-corrected chi connectivity index (χ0v) is 13.0. The van der Waals surface area contributed by atoms with Crippen LogP contribution in [0.4, 0.5) is 0 Å². The number of carbonyl (C=O) groups is 1. The van der Waals surface area contributed by atoms with E-state index in [0.29, 0.717) is 24.6 Å². The van der Waals surface area contributed by atoms with Crippen LogP contribution in [0, 0.1) is 0 Å². The van der Waals surface area contributed by atoms with Gasteiger partial charge in [0.15, 0.2) is 11.5 Å². The van der Waals surface area contributed by atoms with Gasteiger partial charge in [-0.1, -0.05) is 13.0 Å². The van der Waals surface area contributed by atoms with Gasteiger partial charge in [-0.05, 0) is 24.2 Å². The Morgan fingerprint density at radius 2 is 1.80 bits per heavy atom. The minimum atomic E-state index is 0.104. The van der Waals surface area contributed by atoms with Crippen molar-refractivity contribution in [3.63, 3.8) is 0 Å². The highest BCUT2D eigenvalue weighted by atomic mass is 16.5. The van der Waals surface area contributed by atoms with Crippen LogP contribution in [-0.4, -0.2) is 57.1 Å². The minimum absolute atomic E-state index is 0.104. The summed E-state index contributed by atoms with van der Waals surface area (Å²) in [5.74, 6) is 1.52. The fourth-order valence-electron chi connectivity index (χ4n) is 1.85. The summed E-state index contributed by atoms with van der Waals surface area (Å²) in [5.41, 5.74) is 1.09. The molecule has 1 amide bonds. The normalized spacial score (nSPS) is 10.5. The molecule has 1 rings (SSSR count). The Morgan fingerprint density at radius 3 is 2.30 bits per heavy atom. The van der Waals surface area contributed by atoms with Crippen LogP contribution in [0.15, 0.2) is 18.2 Å². The SMILES string of the molecule is CCN(CC(=O)N(C)C)Cc1ccc(OC)c(OC)c1. The van der Waals surface area contributed by atoms with Crippen LogP contribution in [0.3, 0.4) is 0 Å². The summed E-state index contributed by atoms with van der Waals surface area (Å²) in [6.07, 6.45) is 0. The van der Waals surface area contributed by atoms with Crippen LogP contribution in [0.2, 0.25) is 0 Å². The molecule has 0 unspecified atom stereocenters. The Hall–Kier alpha value is -1.75. The molecule has 0 atom stereocenters. The summed E-state index contributed by atoms with van der Waals surface area (Å²) < 4.78 is 10.5. The fraction of sp³-hybridized carbons (Fsp3) is 0.533. The summed E-state index contributed by atoms with van der Waals surface area (Å²) in [6, 6.07) is 5.82. The number of benzene rings is 1. The quantitative estimate of drug-likeness (QED) is 0.761. The number of hydrogen-bond donors (Lipinski definition) is 0. The van der Waals surface area contributed by atoms with E-state index in [9.17, 15) is 4.79 Å². The molecular formula is C15H24N2O3. The first-order chi connectivity index (χ1) is 9.51. The molecular weight excluding hydrogens is 256 g/mol. The Kier molecular flexibility index (Phi) is 6.31. The predicted molar refractivity (Wildman–Crippen MR) is 79.2 cm³/mol. The first kappa shape index (κ1) is 16.3. The smallest absolute Gasteiger partial charge is 0.236 e. The number of hydrogen-bond acceptors (Lipinski definition) is 4. The molecule has 20 heavy (non-hydrogen) atoms. The highest BCUT2D eigenvalue weighted by Gasteiger charge is 2.12. The molecule has 0 saturated carbocycles. The van der Waals surface area contributed by atoms with Gasteiger partial charge >= 0.3 is 0 Å². The maximum atomic E-state index is 11.8. The van der Waals surface area contributed by atoms with Gasteiger partial charge in [0.2, 0.25) is 5.91 Å². The first-order valence-electron chi connectivity index (χ1n) is 6.65. The number of rotatable bonds is 7. The van der Waals surface area contributed by atoms with E-state index in [4.69, 9.17) is 9.47 Å². The third kappa shape index (κ3) is 4.42. The van der Waals surface area contributed by atoms with E-state index in [2.05, 4.69) is 4.90 Å². The Morgan fingerprint density at radius 1 is 1.15 bits per heavy atom. The van der Waals surface area contributed by atoms with Crippen molar-refractivity contribution in [1.29, 1.82) is 0 Å². The minimum Gasteiger partial charge on any atom is -0.493 e. The molecule has 1 aromatic carbocycles. The number of carbonyl (C=O) groups excluding carboxylic acids is 1. The molecule has 0 spiro atoms. The summed E-state index contributed by atoms with van der Waals surface area (Å²) in [4.78, 5) is 15.5. The highest BCUT2D eigenvalue weighted by Crippen LogP contribution is 2.27. The van der Waals surface area contributed by atoms with Crippen molar-refractivity contribution in [1.82, 2.24) is 9.80 Å². The standard InChI is InChI=1S/C15H24N2O3/c1-6-17(11-15(18)16(2)3)10-12-7-8-13(19-4)14(9-12)20-5/h7-9H,6,10-11H2,1-5H3. The Labute approximate surface area is 121 Å². The largest absolute Gasteiger partial charge is 0.493 e. The van der Waals surface area contributed by atoms with Gasteiger partial charge in [-0.25, -0.2) is 0 Å². The van der Waals surface area contributed by atoms with Gasteiger partial charge in [0.05, 0.1) is 20.8 Å². The van der Waals surface area contributed by atoms with E-state index < -0.39 is 0 Å². The number of ether oxygens (including phenoxy) is 2. The average molecular weight is 280 g/mol. The van der Waals surface area contributed by atoms with E-state index >= 15 is 0 Å². The van der Waals surface area contributed by atoms with Crippen LogP contribution < -0.4 is 9.47 Å². The monoisotopic (exact) mass is 280 g/mol. The lowest BCUT2D eigenvalue weighted by Crippen LogP contribution is -2.36. The molecule has 0 bridgehead atoms. The lowest BCUT2D eigenvalue weighted by atomic mass is 10.2. The van der Waals surface area contributed by atoms with Crippen LogP contribution in [0.25, 0.3) is 0 Å². The Balaban J connectivity index is 2.77. The van der Waals surface area contributed by atoms with Crippen molar-refractivity contribution in [2.24, 2.45) is 0 Å². The summed E-state index contributed by atoms with van der Waals surface area (Å²) in [7, 11) is 6.78. The molecule has 5 heteroatoms. The number of nitrogens with zero attached hydrogens (tertiary/aromatic N) is 2. The summed E-state index contributed by atoms with van der Waals surface area (Å²) in [5, 5.41) is 0. The molecule has 0 aliphatic carbocycles. The van der Waals surface area contributed by atoms with Gasteiger partial charge in [-0.2, -0.15) is 0 Å². The van der Waals surface area contributed by atoms with E-state index in [1.165, 1.54) is 0 Å². The first-order valence-corrected chi connectivity index (χ1v) is 6.65. The van der Waals surface area contributed by atoms with Gasteiger partial charge in [0.25, 0.3) is 0 Å². The van der Waals surface area contributed by atoms with E-state index in [-0.39, 0.29) is 5.91 Å². The topological polar surface area (TPSA) is 42.0 Å². The second-order valence-corrected chi connectivity index (χ2v) is 4.78. The van der Waals surface area contributed by atoms with Crippen molar-refractivity contribution in [3.05, 3.63) is 23.8 Å². The molecule has 0 aliphatic rings. The molecule has 1 aromatic rings. The van der Waals surface area contributed by atoms with Crippen molar-refractivity contribution >= 4 is 5.91 Å². The van der Waals surface area contributed by atoms with Crippen LogP contribution >= 0.6 is 0 Å². The lowest BCUT2D eigenvalue weighted by Gasteiger charge is -2.22. The van der Waals surface area contributed by atoms with Gasteiger partial charge in [-0.15, -0.1) is 0 Å². The van der Waals surface area contributed by atoms with E-state index in [0.717, 1.165) is 12.1 Å². The number of likely N-dealkylation sites (N-methyl/N-ethyl adjacent to an activating group) is 2. The summed E-state index contributed by atoms with van der Waals surface area (Å²) in [6.45, 7) is 3.98. The van der Waals surface area contributed by atoms with Crippen LogP contribution in [0.1, 0.15) is 12.5 Å². The molecule has 0 saturated heterocycles. The number of methoxy groups -OCH3 is 2. The Bertz CT molecular complexity index is 447. The fourth-order valence-corrected chi connectivity index (χ4v) is 1.85. The average Bonchev–Trinajstić information content (AvgIpc) is 2.45. The van der Waals surface area contributed by atoms with Crippen LogP contribution in [-0.2, 0) is 11.3 Å². The van der Waals surface area contributed by atoms with Crippen molar-refractivity contribution in [3.8, 4) is 11.5 Å². The molecule has 112 valence electrons. The summed E-state index contributed by atoms with van der Waals surface area (Å²) >= 11 is 0. The lowest BCUT2D eigenvalue weighted by molar-refractivity contribution is -0.130. The van der Waals surface area contributed by atoms with Crippen molar-refractivity contribution in [2.45, 2.75) is 13.5 Å². The highest BCUT2D eigenvalue weighted by molar-refractivity contribution is 5.77. The van der Waals surface area contributed by atoms with E-state index in [1.807, 2.05) is 25.1 Å². The van der Waals surface area contributed by atoms with Crippen molar-refractivity contribution < 1.29 is 14.3 Å². The molecule has 0 radical (unpaired) electrons. The van der Waals surface area contributed by atoms with Crippen LogP contribution in [0.5, 0.6) is 11.5 Å². The third-order valence-electron chi connectivity index (χ3n) is 3.16. The second kappa shape index (κ2) is 7.75. The predicted octanol–water partition coefficient (Wildman–Crippen LogP) is 1.61. The second-order valence-electron chi connectivity index (χ2n) is 4.78. The maximum absolute atomic E-state index is 11.8. The van der Waals surface area contributed by atoms with Gasteiger partial charge in [-0.3, -0.25) is 9.69 Å². The van der Waals surface area contributed by atoms with Gasteiger partial charge in [0, 0.05) is 20.6 Å². The molecule has 0 fully saturated rings. The molecule has 5 nitrogen and oxygen atoms in total. The molecule has 0 N–H and O–H groups in total. The maximum Gasteiger partial charge on any atom is 0.236 e. The van der Waals surface area contributed by atoms with Gasteiger partial charge in [0.1, 0.15) is 0 Å². The zero-order chi connectivity index (χ0) is 15.1. The molecule has 0 aliphatic heterocycles.